The first-order valence-electron chi connectivity index (χ1n) is 8.44. The Morgan fingerprint density at radius 2 is 1.84 bits per heavy atom. The summed E-state index contributed by atoms with van der Waals surface area (Å²) < 4.78 is 15.5. The highest BCUT2D eigenvalue weighted by Gasteiger charge is 2.45. The molecule has 0 bridgehead atoms. The minimum absolute atomic E-state index is 0.0967. The highest BCUT2D eigenvalue weighted by Crippen LogP contribution is 2.45. The quantitative estimate of drug-likeness (QED) is 0.517. The van der Waals surface area contributed by atoms with Gasteiger partial charge in [0.25, 0.3) is 0 Å². The standard InChI is InChI=1S/C20H19FN2O2/c1-12-11-17-19(15-5-3-4-6-16(15)22(17)2)18(20(12)23(24)25)13-7-9-14(21)10-8-13/h3-10,12,18,20H,11H2,1-2H3/t12-,18+,20-/m0/s1. The molecule has 128 valence electrons. The van der Waals surface area contributed by atoms with Gasteiger partial charge in [-0.25, -0.2) is 4.39 Å². The van der Waals surface area contributed by atoms with Crippen LogP contribution in [0.2, 0.25) is 0 Å². The predicted octanol–water partition coefficient (Wildman–Crippen LogP) is 4.29. The number of hydrogen-bond donors (Lipinski definition) is 0. The zero-order valence-electron chi connectivity index (χ0n) is 14.1. The average molecular weight is 338 g/mol. The third-order valence-corrected chi connectivity index (χ3v) is 5.49. The van der Waals surface area contributed by atoms with Gasteiger partial charge in [0.15, 0.2) is 0 Å². The largest absolute Gasteiger partial charge is 0.347 e. The molecule has 0 saturated heterocycles. The normalized spacial score (nSPS) is 22.8. The van der Waals surface area contributed by atoms with Crippen LogP contribution in [0.5, 0.6) is 0 Å². The van der Waals surface area contributed by atoms with E-state index in [0.717, 1.165) is 27.7 Å². The molecule has 0 saturated carbocycles. The summed E-state index contributed by atoms with van der Waals surface area (Å²) in [6.07, 6.45) is 0.670. The Morgan fingerprint density at radius 3 is 2.52 bits per heavy atom. The molecule has 1 heterocycles. The van der Waals surface area contributed by atoms with E-state index in [4.69, 9.17) is 0 Å². The SMILES string of the molecule is C[C@H]1Cc2c(c3ccccc3n2C)[C@@H](c2ccc(F)cc2)[C@H]1[N+](=O)[O-]. The van der Waals surface area contributed by atoms with Crippen LogP contribution in [0.25, 0.3) is 10.9 Å². The second-order valence-electron chi connectivity index (χ2n) is 6.92. The molecule has 5 heteroatoms. The predicted molar refractivity (Wildman–Crippen MR) is 94.8 cm³/mol. The maximum atomic E-state index is 13.4. The van der Waals surface area contributed by atoms with Crippen LogP contribution in [0, 0.1) is 21.8 Å². The summed E-state index contributed by atoms with van der Waals surface area (Å²) in [5.74, 6) is -0.801. The first-order valence-corrected chi connectivity index (χ1v) is 8.44. The zero-order chi connectivity index (χ0) is 17.7. The molecule has 0 N–H and O–H groups in total. The van der Waals surface area contributed by atoms with Gasteiger partial charge in [-0.3, -0.25) is 10.1 Å². The van der Waals surface area contributed by atoms with Crippen LogP contribution in [-0.4, -0.2) is 15.5 Å². The Morgan fingerprint density at radius 1 is 1.16 bits per heavy atom. The van der Waals surface area contributed by atoms with E-state index in [1.807, 2.05) is 38.2 Å². The third kappa shape index (κ3) is 2.34. The number of nitro groups is 1. The van der Waals surface area contributed by atoms with Crippen LogP contribution < -0.4 is 0 Å². The minimum atomic E-state index is -0.719. The second kappa shape index (κ2) is 5.69. The summed E-state index contributed by atoms with van der Waals surface area (Å²) in [4.78, 5) is 11.7. The maximum Gasteiger partial charge on any atom is 0.226 e. The lowest BCUT2D eigenvalue weighted by Gasteiger charge is -2.32. The van der Waals surface area contributed by atoms with Gasteiger partial charge in [-0.2, -0.15) is 0 Å². The molecule has 1 aliphatic carbocycles. The number of aryl methyl sites for hydroxylation is 1. The van der Waals surface area contributed by atoms with E-state index >= 15 is 0 Å². The molecule has 0 radical (unpaired) electrons. The fourth-order valence-corrected chi connectivity index (χ4v) is 4.36. The number of aromatic nitrogens is 1. The van der Waals surface area contributed by atoms with Crippen LogP contribution in [-0.2, 0) is 13.5 Å². The minimum Gasteiger partial charge on any atom is -0.347 e. The smallest absolute Gasteiger partial charge is 0.226 e. The van der Waals surface area contributed by atoms with E-state index < -0.39 is 6.04 Å². The topological polar surface area (TPSA) is 48.1 Å². The summed E-state index contributed by atoms with van der Waals surface area (Å²) in [6, 6.07) is 13.4. The van der Waals surface area contributed by atoms with Gasteiger partial charge in [0.1, 0.15) is 5.82 Å². The highest BCUT2D eigenvalue weighted by molar-refractivity contribution is 5.87. The molecule has 0 spiro atoms. The van der Waals surface area contributed by atoms with E-state index in [-0.39, 0.29) is 22.6 Å². The molecule has 4 nitrogen and oxygen atoms in total. The first kappa shape index (κ1) is 15.8. The Balaban J connectivity index is 2.03. The highest BCUT2D eigenvalue weighted by atomic mass is 19.1. The maximum absolute atomic E-state index is 13.4. The van der Waals surface area contributed by atoms with E-state index in [0.29, 0.717) is 6.42 Å². The van der Waals surface area contributed by atoms with Crippen molar-refractivity contribution in [3.05, 3.63) is 81.3 Å². The monoisotopic (exact) mass is 338 g/mol. The molecule has 3 atom stereocenters. The van der Waals surface area contributed by atoms with Crippen molar-refractivity contribution < 1.29 is 9.31 Å². The van der Waals surface area contributed by atoms with Crippen molar-refractivity contribution in [2.75, 3.05) is 0 Å². The van der Waals surface area contributed by atoms with E-state index in [9.17, 15) is 14.5 Å². The number of fused-ring (bicyclic) bond motifs is 3. The Labute approximate surface area is 145 Å². The van der Waals surface area contributed by atoms with Gasteiger partial charge in [-0.15, -0.1) is 0 Å². The number of rotatable bonds is 2. The summed E-state index contributed by atoms with van der Waals surface area (Å²) >= 11 is 0. The molecule has 3 aromatic rings. The summed E-state index contributed by atoms with van der Waals surface area (Å²) in [5.41, 5.74) is 4.04. The molecular weight excluding hydrogens is 319 g/mol. The van der Waals surface area contributed by atoms with Gasteiger partial charge in [-0.05, 0) is 35.7 Å². The first-order chi connectivity index (χ1) is 12.0. The van der Waals surface area contributed by atoms with Crippen molar-refractivity contribution in [2.45, 2.75) is 25.3 Å². The number of halogens is 1. The lowest BCUT2D eigenvalue weighted by atomic mass is 9.72. The van der Waals surface area contributed by atoms with Crippen LogP contribution in [0.15, 0.2) is 48.5 Å². The van der Waals surface area contributed by atoms with Crippen LogP contribution in [0.4, 0.5) is 4.39 Å². The number of hydrogen-bond acceptors (Lipinski definition) is 2. The molecule has 1 aliphatic rings. The van der Waals surface area contributed by atoms with Crippen molar-refractivity contribution in [2.24, 2.45) is 13.0 Å². The van der Waals surface area contributed by atoms with Crippen molar-refractivity contribution in [3.63, 3.8) is 0 Å². The number of benzene rings is 2. The van der Waals surface area contributed by atoms with Crippen LogP contribution in [0.1, 0.15) is 29.7 Å². The van der Waals surface area contributed by atoms with Crippen molar-refractivity contribution in [3.8, 4) is 0 Å². The van der Waals surface area contributed by atoms with Crippen LogP contribution >= 0.6 is 0 Å². The third-order valence-electron chi connectivity index (χ3n) is 5.49. The van der Waals surface area contributed by atoms with Gasteiger partial charge in [0.2, 0.25) is 6.04 Å². The molecule has 0 fully saturated rings. The van der Waals surface area contributed by atoms with Gasteiger partial charge < -0.3 is 4.57 Å². The Hall–Kier alpha value is -2.69. The molecule has 25 heavy (non-hydrogen) atoms. The van der Waals surface area contributed by atoms with Gasteiger partial charge in [-0.1, -0.05) is 37.3 Å². The lowest BCUT2D eigenvalue weighted by molar-refractivity contribution is -0.535. The van der Waals surface area contributed by atoms with Gasteiger partial charge in [0, 0.05) is 34.5 Å². The van der Waals surface area contributed by atoms with Crippen molar-refractivity contribution >= 4 is 10.9 Å². The lowest BCUT2D eigenvalue weighted by Crippen LogP contribution is -2.39. The molecular formula is C20H19FN2O2. The summed E-state index contributed by atoms with van der Waals surface area (Å²) in [7, 11) is 2.02. The molecule has 2 aromatic carbocycles. The van der Waals surface area contributed by atoms with Gasteiger partial charge >= 0.3 is 0 Å². The number of para-hydroxylation sites is 1. The number of nitrogens with zero attached hydrogens (tertiary/aromatic N) is 2. The van der Waals surface area contributed by atoms with Crippen LogP contribution in [0.3, 0.4) is 0 Å². The Kier molecular flexibility index (Phi) is 3.60. The fourth-order valence-electron chi connectivity index (χ4n) is 4.36. The molecule has 1 aromatic heterocycles. The molecule has 0 unspecified atom stereocenters. The average Bonchev–Trinajstić information content (AvgIpc) is 2.87. The zero-order valence-corrected chi connectivity index (χ0v) is 14.1. The van der Waals surface area contributed by atoms with Crippen molar-refractivity contribution in [1.82, 2.24) is 4.57 Å². The molecule has 0 amide bonds. The Bertz CT molecular complexity index is 962. The van der Waals surface area contributed by atoms with Gasteiger partial charge in [0.05, 0.1) is 5.92 Å². The molecule has 4 rings (SSSR count). The van der Waals surface area contributed by atoms with E-state index in [1.165, 1.54) is 12.1 Å². The van der Waals surface area contributed by atoms with E-state index in [2.05, 4.69) is 4.57 Å². The summed E-state index contributed by atoms with van der Waals surface area (Å²) in [6.45, 7) is 1.94. The fraction of sp³-hybridized carbons (Fsp3) is 0.300. The van der Waals surface area contributed by atoms with E-state index in [1.54, 1.807) is 12.1 Å². The van der Waals surface area contributed by atoms with Crippen molar-refractivity contribution in [1.29, 1.82) is 0 Å². The molecule has 0 aliphatic heterocycles. The summed E-state index contributed by atoms with van der Waals surface area (Å²) in [5, 5.41) is 12.9. The second-order valence-corrected chi connectivity index (χ2v) is 6.92.